The number of carbonyl (C=O) groups is 1. The second-order valence-corrected chi connectivity index (χ2v) is 5.22. The van der Waals surface area contributed by atoms with E-state index in [1.165, 1.54) is 0 Å². The van der Waals surface area contributed by atoms with Gasteiger partial charge in [0.25, 0.3) is 0 Å². The second-order valence-electron chi connectivity index (χ2n) is 5.22. The minimum atomic E-state index is 0.0815. The normalized spacial score (nSPS) is 25.4. The predicted molar refractivity (Wildman–Crippen MR) is 73.2 cm³/mol. The van der Waals surface area contributed by atoms with Gasteiger partial charge in [0, 0.05) is 12.6 Å². The van der Waals surface area contributed by atoms with Crippen LogP contribution < -0.4 is 10.6 Å². The minimum Gasteiger partial charge on any atom is -0.349 e. The molecule has 1 amide bonds. The van der Waals surface area contributed by atoms with E-state index in [4.69, 9.17) is 0 Å². The maximum Gasteiger partial charge on any atom is 0.224 e. The van der Waals surface area contributed by atoms with Crippen molar-refractivity contribution in [3.05, 3.63) is 35.9 Å². The number of amides is 1. The van der Waals surface area contributed by atoms with Crippen molar-refractivity contribution < 1.29 is 4.79 Å². The Morgan fingerprint density at radius 2 is 2.06 bits per heavy atom. The summed E-state index contributed by atoms with van der Waals surface area (Å²) in [6, 6.07) is 10.7. The van der Waals surface area contributed by atoms with Crippen LogP contribution in [-0.2, 0) is 4.79 Å². The molecule has 0 aliphatic carbocycles. The van der Waals surface area contributed by atoms with Gasteiger partial charge in [-0.2, -0.15) is 0 Å². The van der Waals surface area contributed by atoms with Gasteiger partial charge in [0.1, 0.15) is 0 Å². The molecule has 3 heteroatoms. The highest BCUT2D eigenvalue weighted by Crippen LogP contribution is 2.17. The van der Waals surface area contributed by atoms with Gasteiger partial charge in [-0.05, 0) is 32.3 Å². The van der Waals surface area contributed by atoms with Gasteiger partial charge in [-0.15, -0.1) is 0 Å². The topological polar surface area (TPSA) is 41.1 Å². The number of benzene rings is 1. The Hall–Kier alpha value is -1.35. The lowest BCUT2D eigenvalue weighted by Gasteiger charge is -2.28. The molecule has 3 nitrogen and oxygen atoms in total. The monoisotopic (exact) mass is 246 g/mol. The Labute approximate surface area is 109 Å². The summed E-state index contributed by atoms with van der Waals surface area (Å²) in [6.07, 6.45) is 2.07. The molecule has 1 aromatic carbocycles. The van der Waals surface area contributed by atoms with Crippen molar-refractivity contribution in [3.8, 4) is 0 Å². The summed E-state index contributed by atoms with van der Waals surface area (Å²) >= 11 is 0. The molecule has 1 aromatic rings. The van der Waals surface area contributed by atoms with Crippen LogP contribution in [0, 0.1) is 5.92 Å². The molecule has 1 heterocycles. The number of hydrogen-bond donors (Lipinski definition) is 2. The smallest absolute Gasteiger partial charge is 0.224 e. The number of nitrogens with one attached hydrogen (secondary N) is 2. The first-order chi connectivity index (χ1) is 8.66. The summed E-state index contributed by atoms with van der Waals surface area (Å²) in [5.41, 5.74) is 1.16. The standard InChI is InChI=1S/C15H22N2O/c1-11-8-9-14(10-16-11)15(18)17-12(2)13-6-4-3-5-7-13/h3-7,11-12,14,16H,8-10H2,1-2H3,(H,17,18). The molecule has 1 fully saturated rings. The molecule has 0 radical (unpaired) electrons. The van der Waals surface area contributed by atoms with Crippen molar-refractivity contribution in [3.63, 3.8) is 0 Å². The number of piperidine rings is 1. The first-order valence-corrected chi connectivity index (χ1v) is 6.75. The average Bonchev–Trinajstić information content (AvgIpc) is 2.40. The van der Waals surface area contributed by atoms with Gasteiger partial charge in [0.2, 0.25) is 5.91 Å². The highest BCUT2D eigenvalue weighted by atomic mass is 16.1. The number of carbonyl (C=O) groups excluding carboxylic acids is 1. The van der Waals surface area contributed by atoms with Gasteiger partial charge < -0.3 is 10.6 Å². The van der Waals surface area contributed by atoms with Gasteiger partial charge >= 0.3 is 0 Å². The molecule has 98 valence electrons. The van der Waals surface area contributed by atoms with E-state index < -0.39 is 0 Å². The Balaban J connectivity index is 1.87. The van der Waals surface area contributed by atoms with Gasteiger partial charge in [-0.1, -0.05) is 30.3 Å². The second kappa shape index (κ2) is 6.01. The zero-order valence-electron chi connectivity index (χ0n) is 11.1. The first kappa shape index (κ1) is 13.1. The quantitative estimate of drug-likeness (QED) is 0.859. The SMILES string of the molecule is CC1CCC(C(=O)NC(C)c2ccccc2)CN1. The van der Waals surface area contributed by atoms with Crippen LogP contribution in [0.5, 0.6) is 0 Å². The van der Waals surface area contributed by atoms with Gasteiger partial charge in [0.15, 0.2) is 0 Å². The fourth-order valence-electron chi connectivity index (χ4n) is 2.38. The van der Waals surface area contributed by atoms with Crippen LogP contribution in [0.25, 0.3) is 0 Å². The van der Waals surface area contributed by atoms with Crippen LogP contribution in [0.3, 0.4) is 0 Å². The third-order valence-electron chi connectivity index (χ3n) is 3.69. The molecule has 0 aromatic heterocycles. The number of hydrogen-bond acceptors (Lipinski definition) is 2. The molecule has 2 N–H and O–H groups in total. The third kappa shape index (κ3) is 3.33. The molecular weight excluding hydrogens is 224 g/mol. The van der Waals surface area contributed by atoms with Crippen LogP contribution in [0.1, 0.15) is 38.3 Å². The average molecular weight is 246 g/mol. The van der Waals surface area contributed by atoms with E-state index in [2.05, 4.69) is 17.6 Å². The summed E-state index contributed by atoms with van der Waals surface area (Å²) < 4.78 is 0. The van der Waals surface area contributed by atoms with Crippen molar-refractivity contribution in [2.75, 3.05) is 6.54 Å². The molecule has 1 aliphatic rings. The van der Waals surface area contributed by atoms with Gasteiger partial charge in [-0.25, -0.2) is 0 Å². The maximum absolute atomic E-state index is 12.1. The minimum absolute atomic E-state index is 0.0815. The summed E-state index contributed by atoms with van der Waals surface area (Å²) in [4.78, 5) is 12.1. The molecule has 2 rings (SSSR count). The van der Waals surface area contributed by atoms with Crippen molar-refractivity contribution in [2.45, 2.75) is 38.8 Å². The van der Waals surface area contributed by atoms with E-state index in [9.17, 15) is 4.79 Å². The zero-order valence-corrected chi connectivity index (χ0v) is 11.1. The highest BCUT2D eigenvalue weighted by Gasteiger charge is 2.24. The molecule has 3 atom stereocenters. The van der Waals surface area contributed by atoms with Crippen molar-refractivity contribution in [1.82, 2.24) is 10.6 Å². The highest BCUT2D eigenvalue weighted by molar-refractivity contribution is 5.79. The molecule has 0 saturated carbocycles. The molecule has 18 heavy (non-hydrogen) atoms. The maximum atomic E-state index is 12.1. The lowest BCUT2D eigenvalue weighted by Crippen LogP contribution is -2.44. The van der Waals surface area contributed by atoms with Crippen molar-refractivity contribution in [1.29, 1.82) is 0 Å². The molecule has 0 spiro atoms. The largest absolute Gasteiger partial charge is 0.349 e. The zero-order chi connectivity index (χ0) is 13.0. The molecule has 0 bridgehead atoms. The third-order valence-corrected chi connectivity index (χ3v) is 3.69. The summed E-state index contributed by atoms with van der Waals surface area (Å²) in [5, 5.41) is 6.47. The Bertz CT molecular complexity index is 383. The van der Waals surface area contributed by atoms with Gasteiger partial charge in [-0.3, -0.25) is 4.79 Å². The lowest BCUT2D eigenvalue weighted by molar-refractivity contribution is -0.126. The van der Waals surface area contributed by atoms with Gasteiger partial charge in [0.05, 0.1) is 12.0 Å². The van der Waals surface area contributed by atoms with Crippen LogP contribution in [0.2, 0.25) is 0 Å². The van der Waals surface area contributed by atoms with Crippen LogP contribution in [-0.4, -0.2) is 18.5 Å². The van der Waals surface area contributed by atoms with E-state index in [1.54, 1.807) is 0 Å². The summed E-state index contributed by atoms with van der Waals surface area (Å²) in [7, 11) is 0. The van der Waals surface area contributed by atoms with Crippen LogP contribution in [0.4, 0.5) is 0 Å². The fraction of sp³-hybridized carbons (Fsp3) is 0.533. The van der Waals surface area contributed by atoms with Crippen LogP contribution in [0.15, 0.2) is 30.3 Å². The summed E-state index contributed by atoms with van der Waals surface area (Å²) in [6.45, 7) is 5.00. The van der Waals surface area contributed by atoms with E-state index in [0.717, 1.165) is 24.9 Å². The Morgan fingerprint density at radius 3 is 2.67 bits per heavy atom. The Kier molecular flexibility index (Phi) is 4.37. The number of rotatable bonds is 3. The molecular formula is C15H22N2O. The lowest BCUT2D eigenvalue weighted by atomic mass is 9.94. The van der Waals surface area contributed by atoms with E-state index in [0.29, 0.717) is 6.04 Å². The van der Waals surface area contributed by atoms with Crippen molar-refractivity contribution in [2.24, 2.45) is 5.92 Å². The summed E-state index contributed by atoms with van der Waals surface area (Å²) in [5.74, 6) is 0.290. The van der Waals surface area contributed by atoms with E-state index in [1.807, 2.05) is 37.3 Å². The van der Waals surface area contributed by atoms with Crippen LogP contribution >= 0.6 is 0 Å². The van der Waals surface area contributed by atoms with E-state index in [-0.39, 0.29) is 17.9 Å². The molecule has 1 saturated heterocycles. The Morgan fingerprint density at radius 1 is 1.33 bits per heavy atom. The first-order valence-electron chi connectivity index (χ1n) is 6.75. The predicted octanol–water partition coefficient (Wildman–Crippen LogP) is 2.25. The fourth-order valence-corrected chi connectivity index (χ4v) is 2.38. The van der Waals surface area contributed by atoms with Crippen molar-refractivity contribution >= 4 is 5.91 Å². The molecule has 3 unspecified atom stereocenters. The van der Waals surface area contributed by atoms with E-state index >= 15 is 0 Å². The molecule has 1 aliphatic heterocycles.